The number of anilines is 1. The second-order valence-electron chi connectivity index (χ2n) is 18.6. The maximum Gasteiger partial charge on any atom is 0.410 e. The molecule has 5 rings (SSSR count). The number of imide groups is 2. The van der Waals surface area contributed by atoms with Gasteiger partial charge in [-0.3, -0.25) is 43.9 Å². The zero-order valence-corrected chi connectivity index (χ0v) is 41.9. The van der Waals surface area contributed by atoms with Crippen molar-refractivity contribution in [2.45, 2.75) is 125 Å². The summed E-state index contributed by atoms with van der Waals surface area (Å²) in [6.45, 7) is 12.0. The minimum atomic E-state index is -2.08. The number of fused-ring (bicyclic) bond motifs is 4. The summed E-state index contributed by atoms with van der Waals surface area (Å²) in [5.74, 6) is -3.72. The summed E-state index contributed by atoms with van der Waals surface area (Å²) in [6.07, 6.45) is 1.65. The first kappa shape index (κ1) is 54.4. The first-order valence-corrected chi connectivity index (χ1v) is 23.6. The zero-order valence-electron chi connectivity index (χ0n) is 40.4. The Morgan fingerprint density at radius 3 is 2.35 bits per heavy atom. The number of aliphatic hydroxyl groups is 2. The molecule has 4 heterocycles. The van der Waals surface area contributed by atoms with E-state index in [0.29, 0.717) is 6.42 Å². The van der Waals surface area contributed by atoms with Crippen molar-refractivity contribution in [2.24, 2.45) is 0 Å². The molecule has 21 heteroatoms. The highest BCUT2D eigenvalue weighted by molar-refractivity contribution is 8.02. The van der Waals surface area contributed by atoms with E-state index in [9.17, 15) is 48.6 Å². The van der Waals surface area contributed by atoms with Gasteiger partial charge in [0.05, 0.1) is 24.5 Å². The Morgan fingerprint density at radius 2 is 1.71 bits per heavy atom. The van der Waals surface area contributed by atoms with Crippen LogP contribution in [-0.4, -0.2) is 159 Å². The number of thioether (sulfide) groups is 1. The molecular weight excluding hydrogens is 938 g/mol. The lowest BCUT2D eigenvalue weighted by atomic mass is 9.84. The van der Waals surface area contributed by atoms with Gasteiger partial charge in [0.25, 0.3) is 11.8 Å². The van der Waals surface area contributed by atoms with Gasteiger partial charge in [-0.25, -0.2) is 9.59 Å². The van der Waals surface area contributed by atoms with Gasteiger partial charge < -0.3 is 39.0 Å². The monoisotopic (exact) mass is 999 g/mol. The van der Waals surface area contributed by atoms with E-state index in [2.05, 4.69) is 11.9 Å². The molecule has 7 amide bonds. The number of carbonyl (C=O) groups excluding carboxylic acids is 8. The van der Waals surface area contributed by atoms with Gasteiger partial charge in [0, 0.05) is 76.9 Å². The van der Waals surface area contributed by atoms with Crippen LogP contribution in [0.15, 0.2) is 60.2 Å². The van der Waals surface area contributed by atoms with Crippen molar-refractivity contribution in [2.75, 3.05) is 46.3 Å². The average molecular weight is 1000 g/mol. The fourth-order valence-electron chi connectivity index (χ4n) is 8.37. The van der Waals surface area contributed by atoms with Crippen molar-refractivity contribution in [1.29, 1.82) is 0 Å². The van der Waals surface area contributed by atoms with Crippen molar-refractivity contribution >= 4 is 76.6 Å². The number of nitrogens with one attached hydrogen (secondary N) is 1. The van der Waals surface area contributed by atoms with Crippen LogP contribution >= 0.6 is 23.4 Å². The van der Waals surface area contributed by atoms with Crippen LogP contribution in [-0.2, 0) is 54.2 Å². The number of likely N-dealkylation sites (N-methyl/N-ethyl adjacent to an activating group) is 1. The third-order valence-corrected chi connectivity index (χ3v) is 14.6. The smallest absolute Gasteiger partial charge is 0.410 e. The molecular formula is C48H62ClN5O14S. The predicted octanol–water partition coefficient (Wildman–Crippen LogP) is 3.76. The molecule has 0 aromatic heterocycles. The quantitative estimate of drug-likeness (QED) is 0.145. The molecule has 0 spiro atoms. The van der Waals surface area contributed by atoms with Gasteiger partial charge in [0.2, 0.25) is 23.6 Å². The van der Waals surface area contributed by atoms with Gasteiger partial charge in [-0.2, -0.15) is 0 Å². The number of esters is 1. The number of allylic oxidation sites excluding steroid dienone is 3. The highest BCUT2D eigenvalue weighted by Gasteiger charge is 2.48. The SMILES string of the molecule is C=C1C[C@@](C)(O)[C@@H](OC(=O)[C@H](C)N(C)C(=O)CCC(C)(C)SC2CC(=O)N(CCN3C(=O)C=CC3=O)C2=O)CC(=O)N(C)c2cc(cc(OC)c2Cl)C/C(C)=C/C=C/[C@@H](OC)[C@@]2(O)C[C@@H]1OC(=O)N2. The summed E-state index contributed by atoms with van der Waals surface area (Å²) < 4.78 is 21.9. The molecule has 1 aromatic rings. The Balaban J connectivity index is 1.33. The Kier molecular flexibility index (Phi) is 17.4. The van der Waals surface area contributed by atoms with Crippen LogP contribution in [0.5, 0.6) is 5.75 Å². The summed E-state index contributed by atoms with van der Waals surface area (Å²) in [5, 5.41) is 25.7. The lowest BCUT2D eigenvalue weighted by Crippen LogP contribution is -2.62. The average Bonchev–Trinajstić information content (AvgIpc) is 3.73. The minimum absolute atomic E-state index is 0.0806. The molecule has 3 N–H and O–H groups in total. The number of hydrogen-bond acceptors (Lipinski definition) is 15. The Bertz CT molecular complexity index is 2330. The molecule has 19 nitrogen and oxygen atoms in total. The summed E-state index contributed by atoms with van der Waals surface area (Å²) in [5.41, 5.74) is -2.10. The van der Waals surface area contributed by atoms with Crippen LogP contribution in [0.25, 0.3) is 0 Å². The van der Waals surface area contributed by atoms with Crippen LogP contribution in [0.1, 0.15) is 78.7 Å². The number of ether oxygens (including phenoxy) is 4. The van der Waals surface area contributed by atoms with Crippen LogP contribution in [0.3, 0.4) is 0 Å². The van der Waals surface area contributed by atoms with Gasteiger partial charge in [-0.15, -0.1) is 11.8 Å². The Morgan fingerprint density at radius 1 is 1.06 bits per heavy atom. The second-order valence-corrected chi connectivity index (χ2v) is 20.9. The van der Waals surface area contributed by atoms with Crippen molar-refractivity contribution in [3.8, 4) is 5.75 Å². The summed E-state index contributed by atoms with van der Waals surface area (Å²) in [6, 6.07) is 2.20. The fraction of sp³-hybridized carbons (Fsp3) is 0.542. The Labute approximate surface area is 410 Å². The standard InChI is InChI=1S/C48H62ClN5O14S/c1-27-12-11-13-35(66-10)48(64)26-33(67-45(62)50-48)28(2)25-47(6,63)36(24-40(58)52(8)31-21-30(20-27)22-32(65-9)42(31)49)68-44(61)29(3)51(7)37(55)16-17-46(4,5)69-34-23-41(59)54(43(34)60)19-18-53-38(56)14-15-39(53)57/h11-15,21-22,29,33-36,63-64H,2,16-20,23-26H2,1,3-10H3,(H,50,62)/b13-11+,27-12+/t29-,33-,34?,35+,36-,47+,48-/m0/s1. The third-order valence-electron chi connectivity index (χ3n) is 12.7. The van der Waals surface area contributed by atoms with E-state index in [-0.39, 0.29) is 60.8 Å². The van der Waals surface area contributed by atoms with Crippen molar-refractivity contribution in [1.82, 2.24) is 20.0 Å². The normalized spacial score (nSPS) is 27.7. The molecule has 376 valence electrons. The molecule has 2 saturated heterocycles. The number of hydrogen-bond donors (Lipinski definition) is 3. The summed E-state index contributed by atoms with van der Waals surface area (Å²) in [4.78, 5) is 109. The zero-order chi connectivity index (χ0) is 51.3. The van der Waals surface area contributed by atoms with Crippen LogP contribution < -0.4 is 15.0 Å². The number of methoxy groups -OCH3 is 2. The molecule has 0 aliphatic carbocycles. The van der Waals surface area contributed by atoms with Crippen LogP contribution in [0, 0.1) is 0 Å². The first-order valence-electron chi connectivity index (χ1n) is 22.3. The van der Waals surface area contributed by atoms with E-state index in [1.807, 2.05) is 20.8 Å². The largest absolute Gasteiger partial charge is 0.495 e. The van der Waals surface area contributed by atoms with Crippen molar-refractivity contribution in [3.63, 3.8) is 0 Å². The van der Waals surface area contributed by atoms with E-state index in [4.69, 9.17) is 30.5 Å². The highest BCUT2D eigenvalue weighted by atomic mass is 35.5. The van der Waals surface area contributed by atoms with E-state index >= 15 is 0 Å². The molecule has 1 aromatic carbocycles. The number of alkyl carbamates (subject to hydrolysis) is 1. The number of halogens is 1. The van der Waals surface area contributed by atoms with Gasteiger partial charge in [-0.05, 0) is 56.9 Å². The Hall–Kier alpha value is -5.54. The lowest BCUT2D eigenvalue weighted by molar-refractivity contribution is -0.172. The fourth-order valence-corrected chi connectivity index (χ4v) is 10.1. The van der Waals surface area contributed by atoms with E-state index in [1.54, 1.807) is 30.4 Å². The summed E-state index contributed by atoms with van der Waals surface area (Å²) in [7, 11) is 5.67. The topological polar surface area (TPSA) is 239 Å². The molecule has 4 bridgehead atoms. The highest BCUT2D eigenvalue weighted by Crippen LogP contribution is 2.40. The van der Waals surface area contributed by atoms with Crippen LogP contribution in [0.4, 0.5) is 10.5 Å². The van der Waals surface area contributed by atoms with E-state index in [0.717, 1.165) is 33.1 Å². The van der Waals surface area contributed by atoms with Crippen molar-refractivity contribution < 1.29 is 67.5 Å². The van der Waals surface area contributed by atoms with Crippen molar-refractivity contribution in [3.05, 3.63) is 70.8 Å². The predicted molar refractivity (Wildman–Crippen MR) is 255 cm³/mol. The second kappa shape index (κ2) is 22.0. The van der Waals surface area contributed by atoms with Gasteiger partial charge in [0.15, 0.2) is 5.72 Å². The first-order chi connectivity index (χ1) is 32.2. The van der Waals surface area contributed by atoms with E-state index < -0.39 is 106 Å². The minimum Gasteiger partial charge on any atom is -0.495 e. The van der Waals surface area contributed by atoms with Gasteiger partial charge in [0.1, 0.15) is 40.7 Å². The third kappa shape index (κ3) is 13.0. The molecule has 0 saturated carbocycles. The number of nitrogens with zero attached hydrogens (tertiary/aromatic N) is 4. The van der Waals surface area contributed by atoms with Gasteiger partial charge >= 0.3 is 12.1 Å². The molecule has 4 aliphatic rings. The number of amides is 7. The number of rotatable bonds is 13. The lowest BCUT2D eigenvalue weighted by Gasteiger charge is -2.42. The molecule has 69 heavy (non-hydrogen) atoms. The summed E-state index contributed by atoms with van der Waals surface area (Å²) >= 11 is 7.99. The maximum atomic E-state index is 14.3. The molecule has 0 radical (unpaired) electrons. The van der Waals surface area contributed by atoms with Gasteiger partial charge in [-0.1, -0.05) is 55.8 Å². The maximum absolute atomic E-state index is 14.3. The van der Waals surface area contributed by atoms with E-state index in [1.165, 1.54) is 63.7 Å². The number of carbonyl (C=O) groups is 8. The molecule has 1 unspecified atom stereocenters. The van der Waals surface area contributed by atoms with Crippen LogP contribution in [0.2, 0.25) is 5.02 Å². The molecule has 7 atom stereocenters. The number of benzene rings is 1. The molecule has 4 aliphatic heterocycles. The number of likely N-dealkylation sites (tertiary alicyclic amines) is 1. The molecule has 2 fully saturated rings.